The monoisotopic (exact) mass is 422 g/mol. The standard InChI is InChI=1S/C20H23ClN2O4S/c1-14-5-3-6-19(15(14)2)27-11-9-20(24)22-18-13-16(7-8-17(18)21)23-10-4-12-28(23,25)26/h3,5-8,13H,4,9-12H2,1-2H3,(H,22,24). The maximum Gasteiger partial charge on any atom is 0.235 e. The van der Waals surface area contributed by atoms with E-state index < -0.39 is 10.0 Å². The molecule has 1 aliphatic heterocycles. The van der Waals surface area contributed by atoms with Gasteiger partial charge in [-0.1, -0.05) is 23.7 Å². The van der Waals surface area contributed by atoms with Gasteiger partial charge in [-0.15, -0.1) is 0 Å². The van der Waals surface area contributed by atoms with Crippen molar-refractivity contribution in [3.63, 3.8) is 0 Å². The third-order valence-corrected chi connectivity index (χ3v) is 6.95. The average Bonchev–Trinajstić information content (AvgIpc) is 3.00. The zero-order valence-electron chi connectivity index (χ0n) is 15.9. The quantitative estimate of drug-likeness (QED) is 0.765. The molecule has 0 aromatic heterocycles. The van der Waals surface area contributed by atoms with E-state index in [1.807, 2.05) is 32.0 Å². The van der Waals surface area contributed by atoms with Crippen molar-refractivity contribution in [3.05, 3.63) is 52.5 Å². The second-order valence-corrected chi connectivity index (χ2v) is 9.17. The van der Waals surface area contributed by atoms with Gasteiger partial charge in [-0.2, -0.15) is 0 Å². The van der Waals surface area contributed by atoms with Crippen molar-refractivity contribution in [2.24, 2.45) is 0 Å². The van der Waals surface area contributed by atoms with Crippen LogP contribution in [0.5, 0.6) is 5.75 Å². The molecule has 1 N–H and O–H groups in total. The maximum atomic E-state index is 12.3. The first-order chi connectivity index (χ1) is 13.3. The summed E-state index contributed by atoms with van der Waals surface area (Å²) in [4.78, 5) is 12.3. The van der Waals surface area contributed by atoms with Gasteiger partial charge in [0.1, 0.15) is 5.75 Å². The van der Waals surface area contributed by atoms with Crippen molar-refractivity contribution in [2.75, 3.05) is 28.5 Å². The Labute approximate surface area is 170 Å². The molecular formula is C20H23ClN2O4S. The number of rotatable bonds is 6. The van der Waals surface area contributed by atoms with Gasteiger partial charge in [0.05, 0.1) is 35.2 Å². The summed E-state index contributed by atoms with van der Waals surface area (Å²) in [5.74, 6) is 0.633. The second-order valence-electron chi connectivity index (χ2n) is 6.75. The largest absolute Gasteiger partial charge is 0.493 e. The number of hydrogen-bond donors (Lipinski definition) is 1. The number of aryl methyl sites for hydroxylation is 1. The molecule has 0 unspecified atom stereocenters. The van der Waals surface area contributed by atoms with Gasteiger partial charge in [0, 0.05) is 6.54 Å². The van der Waals surface area contributed by atoms with Crippen LogP contribution in [-0.2, 0) is 14.8 Å². The number of hydrogen-bond acceptors (Lipinski definition) is 4. The molecule has 0 aliphatic carbocycles. The molecule has 0 radical (unpaired) electrons. The summed E-state index contributed by atoms with van der Waals surface area (Å²) in [6.45, 7) is 4.64. The number of ether oxygens (including phenoxy) is 1. The number of amides is 1. The van der Waals surface area contributed by atoms with Gasteiger partial charge in [-0.3, -0.25) is 9.10 Å². The van der Waals surface area contributed by atoms with Crippen LogP contribution in [0.1, 0.15) is 24.0 Å². The van der Waals surface area contributed by atoms with E-state index >= 15 is 0 Å². The van der Waals surface area contributed by atoms with Gasteiger partial charge in [0.15, 0.2) is 0 Å². The molecule has 1 heterocycles. The van der Waals surface area contributed by atoms with Crippen LogP contribution in [0.3, 0.4) is 0 Å². The second kappa shape index (κ2) is 8.41. The highest BCUT2D eigenvalue weighted by Gasteiger charge is 2.28. The van der Waals surface area contributed by atoms with E-state index in [1.165, 1.54) is 4.31 Å². The minimum absolute atomic E-state index is 0.132. The van der Waals surface area contributed by atoms with Crippen molar-refractivity contribution in [3.8, 4) is 5.75 Å². The zero-order chi connectivity index (χ0) is 20.3. The lowest BCUT2D eigenvalue weighted by Gasteiger charge is -2.18. The molecule has 150 valence electrons. The molecule has 3 rings (SSSR count). The number of halogens is 1. The molecule has 8 heteroatoms. The Morgan fingerprint density at radius 2 is 2.04 bits per heavy atom. The number of nitrogens with one attached hydrogen (secondary N) is 1. The molecule has 0 saturated carbocycles. The van der Waals surface area contributed by atoms with E-state index in [-0.39, 0.29) is 24.7 Å². The Morgan fingerprint density at radius 1 is 1.25 bits per heavy atom. The Morgan fingerprint density at radius 3 is 2.75 bits per heavy atom. The highest BCUT2D eigenvalue weighted by atomic mass is 35.5. The maximum absolute atomic E-state index is 12.3. The van der Waals surface area contributed by atoms with Crippen LogP contribution in [0.2, 0.25) is 5.02 Å². The van der Waals surface area contributed by atoms with Crippen LogP contribution in [0.4, 0.5) is 11.4 Å². The van der Waals surface area contributed by atoms with Crippen LogP contribution in [0, 0.1) is 13.8 Å². The molecule has 1 aliphatic rings. The van der Waals surface area contributed by atoms with Gasteiger partial charge in [-0.05, 0) is 55.7 Å². The zero-order valence-corrected chi connectivity index (χ0v) is 17.4. The van der Waals surface area contributed by atoms with Crippen LogP contribution in [0.25, 0.3) is 0 Å². The summed E-state index contributed by atoms with van der Waals surface area (Å²) in [6, 6.07) is 10.6. The summed E-state index contributed by atoms with van der Waals surface area (Å²) in [5, 5.41) is 3.09. The first kappa shape index (κ1) is 20.5. The molecule has 1 saturated heterocycles. The van der Waals surface area contributed by atoms with Gasteiger partial charge in [0.25, 0.3) is 0 Å². The van der Waals surface area contributed by atoms with Crippen LogP contribution < -0.4 is 14.4 Å². The average molecular weight is 423 g/mol. The predicted molar refractivity (Wildman–Crippen MR) is 112 cm³/mol. The molecule has 6 nitrogen and oxygen atoms in total. The Balaban J connectivity index is 1.62. The number of carbonyl (C=O) groups excluding carboxylic acids is 1. The minimum atomic E-state index is -3.29. The topological polar surface area (TPSA) is 75.7 Å². The molecule has 28 heavy (non-hydrogen) atoms. The van der Waals surface area contributed by atoms with Gasteiger partial charge in [-0.25, -0.2) is 8.42 Å². The first-order valence-electron chi connectivity index (χ1n) is 9.07. The SMILES string of the molecule is Cc1cccc(OCCC(=O)Nc2cc(N3CCCS3(=O)=O)ccc2Cl)c1C. The van der Waals surface area contributed by atoms with E-state index in [9.17, 15) is 13.2 Å². The molecule has 2 aromatic carbocycles. The highest BCUT2D eigenvalue weighted by Crippen LogP contribution is 2.31. The van der Waals surface area contributed by atoms with Gasteiger partial charge >= 0.3 is 0 Å². The van der Waals surface area contributed by atoms with E-state index in [0.717, 1.165) is 16.9 Å². The molecule has 0 atom stereocenters. The van der Waals surface area contributed by atoms with Crippen molar-refractivity contribution >= 4 is 38.9 Å². The van der Waals surface area contributed by atoms with Crippen LogP contribution >= 0.6 is 11.6 Å². The van der Waals surface area contributed by atoms with E-state index in [1.54, 1.807) is 18.2 Å². The van der Waals surface area contributed by atoms with Gasteiger partial charge < -0.3 is 10.1 Å². The summed E-state index contributed by atoms with van der Waals surface area (Å²) in [7, 11) is -3.29. The number of sulfonamides is 1. The fraction of sp³-hybridized carbons (Fsp3) is 0.350. The summed E-state index contributed by atoms with van der Waals surface area (Å²) in [5.41, 5.74) is 3.06. The smallest absolute Gasteiger partial charge is 0.235 e. The van der Waals surface area contributed by atoms with E-state index in [2.05, 4.69) is 5.32 Å². The van der Waals surface area contributed by atoms with Crippen molar-refractivity contribution < 1.29 is 17.9 Å². The fourth-order valence-corrected chi connectivity index (χ4v) is 4.76. The van der Waals surface area contributed by atoms with E-state index in [0.29, 0.717) is 29.4 Å². The lowest BCUT2D eigenvalue weighted by Crippen LogP contribution is -2.25. The third-order valence-electron chi connectivity index (χ3n) is 4.75. The van der Waals surface area contributed by atoms with Crippen LogP contribution in [0.15, 0.2) is 36.4 Å². The molecule has 2 aromatic rings. The Kier molecular flexibility index (Phi) is 6.15. The number of carbonyl (C=O) groups is 1. The van der Waals surface area contributed by atoms with E-state index in [4.69, 9.17) is 16.3 Å². The fourth-order valence-electron chi connectivity index (χ4n) is 3.04. The summed E-state index contributed by atoms with van der Waals surface area (Å²) in [6.07, 6.45) is 0.734. The van der Waals surface area contributed by atoms with Crippen LogP contribution in [-0.4, -0.2) is 33.2 Å². The van der Waals surface area contributed by atoms with Crippen molar-refractivity contribution in [1.29, 1.82) is 0 Å². The molecular weight excluding hydrogens is 400 g/mol. The lowest BCUT2D eigenvalue weighted by atomic mass is 10.1. The normalized spacial score (nSPS) is 15.5. The molecule has 0 spiro atoms. The third kappa shape index (κ3) is 4.59. The minimum Gasteiger partial charge on any atom is -0.493 e. The molecule has 0 bridgehead atoms. The Hall–Kier alpha value is -2.25. The number of benzene rings is 2. The number of nitrogens with zero attached hydrogens (tertiary/aromatic N) is 1. The molecule has 1 fully saturated rings. The lowest BCUT2D eigenvalue weighted by molar-refractivity contribution is -0.116. The number of anilines is 2. The highest BCUT2D eigenvalue weighted by molar-refractivity contribution is 7.93. The Bertz CT molecular complexity index is 992. The van der Waals surface area contributed by atoms with Crippen molar-refractivity contribution in [2.45, 2.75) is 26.7 Å². The van der Waals surface area contributed by atoms with Gasteiger partial charge in [0.2, 0.25) is 15.9 Å². The first-order valence-corrected chi connectivity index (χ1v) is 11.1. The summed E-state index contributed by atoms with van der Waals surface area (Å²) < 4.78 is 31.3. The molecule has 1 amide bonds. The predicted octanol–water partition coefficient (Wildman–Crippen LogP) is 3.90. The summed E-state index contributed by atoms with van der Waals surface area (Å²) >= 11 is 6.17. The van der Waals surface area contributed by atoms with Crippen molar-refractivity contribution in [1.82, 2.24) is 0 Å².